The smallest absolute Gasteiger partial charge is 0.115 e. The lowest BCUT2D eigenvalue weighted by Crippen LogP contribution is -2.19. The van der Waals surface area contributed by atoms with Crippen LogP contribution in [0.15, 0.2) is 30.3 Å². The topological polar surface area (TPSA) is 32.8 Å². The molecule has 0 bridgehead atoms. The van der Waals surface area contributed by atoms with Crippen molar-refractivity contribution in [2.45, 2.75) is 39.1 Å². The van der Waals surface area contributed by atoms with Crippen LogP contribution in [0.25, 0.3) is 0 Å². The van der Waals surface area contributed by atoms with Crippen molar-refractivity contribution < 1.29 is 9.84 Å². The average Bonchev–Trinajstić information content (AvgIpc) is 2.97. The van der Waals surface area contributed by atoms with E-state index in [4.69, 9.17) is 4.74 Å². The summed E-state index contributed by atoms with van der Waals surface area (Å²) in [5.74, 6) is 0. The van der Waals surface area contributed by atoms with Crippen molar-refractivity contribution in [2.24, 2.45) is 5.41 Å². The van der Waals surface area contributed by atoms with Gasteiger partial charge in [0.05, 0.1) is 6.10 Å². The second-order valence-corrected chi connectivity index (χ2v) is 5.24. The van der Waals surface area contributed by atoms with E-state index in [1.807, 2.05) is 30.3 Å². The maximum Gasteiger partial charge on any atom is 0.115 e. The Bertz CT molecular complexity index is 326. The van der Waals surface area contributed by atoms with Crippen LogP contribution in [-0.2, 0) is 4.74 Å². The Kier molecular flexibility index (Phi) is 2.57. The fraction of sp³-hybridized carbons (Fsp3) is 0.538. The lowest BCUT2D eigenvalue weighted by atomic mass is 9.88. The highest BCUT2D eigenvalue weighted by Gasteiger charge is 2.51. The van der Waals surface area contributed by atoms with Gasteiger partial charge in [-0.05, 0) is 11.0 Å². The highest BCUT2D eigenvalue weighted by molar-refractivity contribution is 5.20. The van der Waals surface area contributed by atoms with E-state index in [9.17, 15) is 5.11 Å². The lowest BCUT2D eigenvalue weighted by Gasteiger charge is -2.16. The minimum atomic E-state index is -0.490. The second kappa shape index (κ2) is 3.62. The summed E-state index contributed by atoms with van der Waals surface area (Å²) in [5, 5.41) is 10.1. The largest absolute Gasteiger partial charge is 0.386 e. The molecule has 1 fully saturated rings. The van der Waals surface area contributed by atoms with E-state index >= 15 is 0 Å². The molecular weight excluding hydrogens is 188 g/mol. The Morgan fingerprint density at radius 3 is 2.27 bits per heavy atom. The Morgan fingerprint density at radius 2 is 1.80 bits per heavy atom. The Hall–Kier alpha value is -0.860. The quantitative estimate of drug-likeness (QED) is 0.754. The molecule has 3 unspecified atom stereocenters. The monoisotopic (exact) mass is 206 g/mol. The molecule has 0 radical (unpaired) electrons. The first kappa shape index (κ1) is 10.7. The average molecular weight is 206 g/mol. The first-order chi connectivity index (χ1) is 7.00. The molecule has 1 aromatic carbocycles. The van der Waals surface area contributed by atoms with Gasteiger partial charge in [0.25, 0.3) is 0 Å². The normalized spacial score (nSPS) is 27.5. The minimum absolute atomic E-state index is 0.0348. The summed E-state index contributed by atoms with van der Waals surface area (Å²) in [4.78, 5) is 0. The first-order valence-electron chi connectivity index (χ1n) is 5.38. The number of aliphatic hydroxyl groups excluding tert-OH is 1. The molecule has 1 N–H and O–H groups in total. The molecule has 3 atom stereocenters. The number of hydrogen-bond donors (Lipinski definition) is 1. The van der Waals surface area contributed by atoms with E-state index < -0.39 is 6.10 Å². The summed E-state index contributed by atoms with van der Waals surface area (Å²) >= 11 is 0. The standard InChI is InChI=1S/C13H18O2/c1-13(2,3)12-11(15-12)10(14)9-7-5-4-6-8-9/h4-8,10-12,14H,1-3H3. The third-order valence-corrected chi connectivity index (χ3v) is 2.83. The fourth-order valence-corrected chi connectivity index (χ4v) is 1.90. The molecule has 2 heteroatoms. The zero-order chi connectivity index (χ0) is 11.1. The van der Waals surface area contributed by atoms with E-state index in [2.05, 4.69) is 20.8 Å². The first-order valence-corrected chi connectivity index (χ1v) is 5.38. The van der Waals surface area contributed by atoms with E-state index in [1.54, 1.807) is 0 Å². The molecule has 0 aromatic heterocycles. The predicted molar refractivity (Wildman–Crippen MR) is 59.5 cm³/mol. The highest BCUT2D eigenvalue weighted by atomic mass is 16.6. The molecule has 15 heavy (non-hydrogen) atoms. The van der Waals surface area contributed by atoms with Crippen LogP contribution in [0.2, 0.25) is 0 Å². The third-order valence-electron chi connectivity index (χ3n) is 2.83. The van der Waals surface area contributed by atoms with Gasteiger partial charge in [0, 0.05) is 0 Å². The molecule has 1 aliphatic heterocycles. The SMILES string of the molecule is CC(C)(C)C1OC1C(O)c1ccccc1. The van der Waals surface area contributed by atoms with Crippen LogP contribution >= 0.6 is 0 Å². The molecule has 2 rings (SSSR count). The van der Waals surface area contributed by atoms with Crippen molar-refractivity contribution >= 4 is 0 Å². The van der Waals surface area contributed by atoms with Crippen molar-refractivity contribution in [3.8, 4) is 0 Å². The Balaban J connectivity index is 2.04. The number of ether oxygens (including phenoxy) is 1. The zero-order valence-corrected chi connectivity index (χ0v) is 9.47. The maximum absolute atomic E-state index is 10.1. The molecule has 0 amide bonds. The summed E-state index contributed by atoms with van der Waals surface area (Å²) < 4.78 is 5.55. The van der Waals surface area contributed by atoms with Crippen LogP contribution in [0.4, 0.5) is 0 Å². The predicted octanol–water partition coefficient (Wildman–Crippen LogP) is 2.53. The van der Waals surface area contributed by atoms with Crippen molar-refractivity contribution in [1.29, 1.82) is 0 Å². The fourth-order valence-electron chi connectivity index (χ4n) is 1.90. The van der Waals surface area contributed by atoms with Crippen molar-refractivity contribution in [2.75, 3.05) is 0 Å². The van der Waals surface area contributed by atoms with E-state index in [1.165, 1.54) is 0 Å². The third kappa shape index (κ3) is 2.21. The molecule has 1 aromatic rings. The van der Waals surface area contributed by atoms with Gasteiger partial charge in [-0.1, -0.05) is 51.1 Å². The van der Waals surface area contributed by atoms with Crippen LogP contribution < -0.4 is 0 Å². The molecule has 2 nitrogen and oxygen atoms in total. The summed E-state index contributed by atoms with van der Waals surface area (Å²) in [7, 11) is 0. The van der Waals surface area contributed by atoms with Gasteiger partial charge in [-0.15, -0.1) is 0 Å². The van der Waals surface area contributed by atoms with Crippen LogP contribution in [0.3, 0.4) is 0 Å². The van der Waals surface area contributed by atoms with Crippen LogP contribution in [0, 0.1) is 5.41 Å². The van der Waals surface area contributed by atoms with Crippen molar-refractivity contribution in [1.82, 2.24) is 0 Å². The zero-order valence-electron chi connectivity index (χ0n) is 9.47. The van der Waals surface area contributed by atoms with Gasteiger partial charge in [0.1, 0.15) is 12.2 Å². The molecule has 1 aliphatic rings. The molecule has 82 valence electrons. The van der Waals surface area contributed by atoms with Gasteiger partial charge in [-0.3, -0.25) is 0 Å². The van der Waals surface area contributed by atoms with Crippen LogP contribution in [-0.4, -0.2) is 17.3 Å². The molecule has 1 saturated heterocycles. The van der Waals surface area contributed by atoms with Crippen LogP contribution in [0.5, 0.6) is 0 Å². The van der Waals surface area contributed by atoms with Gasteiger partial charge >= 0.3 is 0 Å². The highest BCUT2D eigenvalue weighted by Crippen LogP contribution is 2.44. The van der Waals surface area contributed by atoms with Crippen molar-refractivity contribution in [3.63, 3.8) is 0 Å². The van der Waals surface area contributed by atoms with Gasteiger partial charge in [0.2, 0.25) is 0 Å². The number of epoxide rings is 1. The second-order valence-electron chi connectivity index (χ2n) is 5.24. The van der Waals surface area contributed by atoms with Gasteiger partial charge in [-0.25, -0.2) is 0 Å². The van der Waals surface area contributed by atoms with Crippen LogP contribution in [0.1, 0.15) is 32.4 Å². The minimum Gasteiger partial charge on any atom is -0.386 e. The van der Waals surface area contributed by atoms with Gasteiger partial charge < -0.3 is 9.84 Å². The molecular formula is C13H18O2. The summed E-state index contributed by atoms with van der Waals surface area (Å²) in [6, 6.07) is 9.70. The molecule has 0 aliphatic carbocycles. The summed E-state index contributed by atoms with van der Waals surface area (Å²) in [6.45, 7) is 6.40. The Morgan fingerprint density at radius 1 is 1.20 bits per heavy atom. The van der Waals surface area contributed by atoms with Crippen molar-refractivity contribution in [3.05, 3.63) is 35.9 Å². The Labute approximate surface area is 90.9 Å². The number of rotatable bonds is 2. The summed E-state index contributed by atoms with van der Waals surface area (Å²) in [6.07, 6.45) is -0.351. The number of hydrogen-bond acceptors (Lipinski definition) is 2. The molecule has 0 saturated carbocycles. The van der Waals surface area contributed by atoms with E-state index in [-0.39, 0.29) is 17.6 Å². The number of benzene rings is 1. The lowest BCUT2D eigenvalue weighted by molar-refractivity contribution is 0.136. The van der Waals surface area contributed by atoms with E-state index in [0.717, 1.165) is 5.56 Å². The van der Waals surface area contributed by atoms with Gasteiger partial charge in [-0.2, -0.15) is 0 Å². The molecule has 1 heterocycles. The summed E-state index contributed by atoms with van der Waals surface area (Å²) in [5.41, 5.74) is 1.05. The molecule has 0 spiro atoms. The number of aliphatic hydroxyl groups is 1. The van der Waals surface area contributed by atoms with E-state index in [0.29, 0.717) is 0 Å². The maximum atomic E-state index is 10.1. The van der Waals surface area contributed by atoms with Gasteiger partial charge in [0.15, 0.2) is 0 Å².